The van der Waals surface area contributed by atoms with Crippen LogP contribution in [0.15, 0.2) is 59.3 Å². The molecule has 160 valence electrons. The summed E-state index contributed by atoms with van der Waals surface area (Å²) in [4.78, 5) is 4.21. The first-order valence-electron chi connectivity index (χ1n) is 9.56. The van der Waals surface area contributed by atoms with E-state index in [-0.39, 0.29) is 12.3 Å². The molecule has 0 atom stereocenters. The lowest BCUT2D eigenvalue weighted by Crippen LogP contribution is -2.30. The van der Waals surface area contributed by atoms with Crippen molar-refractivity contribution in [3.05, 3.63) is 66.0 Å². The average Bonchev–Trinajstić information content (AvgIpc) is 3.15. The van der Waals surface area contributed by atoms with Crippen LogP contribution in [-0.4, -0.2) is 41.8 Å². The lowest BCUT2D eigenvalue weighted by molar-refractivity contribution is 0.448. The van der Waals surface area contributed by atoms with Gasteiger partial charge in [0, 0.05) is 24.7 Å². The Balaban J connectivity index is 1.25. The molecule has 3 N–H and O–H groups in total. The standard InChI is InChI=1S/C20H21N7O3S/c1-14-8-9-21-20(12-14)24-19-7-6-18(25-26-19)22-10-11-23-31(28,29)13-16-15-4-2-3-5-17(15)30-27-16/h2-9,12,23H,10-11,13H2,1H3,(H,22,25)(H,21,24,26). The van der Waals surface area contributed by atoms with E-state index in [0.29, 0.717) is 40.7 Å². The summed E-state index contributed by atoms with van der Waals surface area (Å²) in [5.41, 5.74) is 2.03. The van der Waals surface area contributed by atoms with Crippen LogP contribution in [-0.2, 0) is 15.8 Å². The van der Waals surface area contributed by atoms with Gasteiger partial charge in [-0.15, -0.1) is 10.2 Å². The van der Waals surface area contributed by atoms with Gasteiger partial charge >= 0.3 is 0 Å². The minimum atomic E-state index is -3.56. The molecule has 0 fully saturated rings. The first kappa shape index (κ1) is 20.7. The van der Waals surface area contributed by atoms with Crippen molar-refractivity contribution >= 4 is 38.4 Å². The van der Waals surface area contributed by atoms with Gasteiger partial charge in [0.15, 0.2) is 11.4 Å². The summed E-state index contributed by atoms with van der Waals surface area (Å²) >= 11 is 0. The minimum absolute atomic E-state index is 0.188. The molecule has 0 bridgehead atoms. The maximum atomic E-state index is 12.3. The van der Waals surface area contributed by atoms with Crippen molar-refractivity contribution in [1.82, 2.24) is 25.1 Å². The molecule has 0 aliphatic carbocycles. The van der Waals surface area contributed by atoms with Gasteiger partial charge in [-0.25, -0.2) is 18.1 Å². The molecular formula is C20H21N7O3S. The summed E-state index contributed by atoms with van der Waals surface area (Å²) in [6.07, 6.45) is 1.72. The van der Waals surface area contributed by atoms with E-state index < -0.39 is 10.0 Å². The molecule has 0 unspecified atom stereocenters. The molecular weight excluding hydrogens is 418 g/mol. The highest BCUT2D eigenvalue weighted by atomic mass is 32.2. The molecule has 3 heterocycles. The van der Waals surface area contributed by atoms with Gasteiger partial charge in [-0.3, -0.25) is 0 Å². The van der Waals surface area contributed by atoms with Crippen LogP contribution >= 0.6 is 0 Å². The van der Waals surface area contributed by atoms with Gasteiger partial charge in [-0.05, 0) is 48.9 Å². The zero-order valence-corrected chi connectivity index (χ0v) is 17.6. The predicted molar refractivity (Wildman–Crippen MR) is 117 cm³/mol. The monoisotopic (exact) mass is 439 g/mol. The first-order valence-corrected chi connectivity index (χ1v) is 11.2. The first-order chi connectivity index (χ1) is 15.0. The second kappa shape index (κ2) is 9.06. The number of fused-ring (bicyclic) bond motifs is 1. The molecule has 4 rings (SSSR count). The topological polar surface area (TPSA) is 135 Å². The maximum absolute atomic E-state index is 12.3. The van der Waals surface area contributed by atoms with E-state index in [4.69, 9.17) is 4.52 Å². The number of pyridine rings is 1. The number of anilines is 3. The molecule has 0 saturated heterocycles. The van der Waals surface area contributed by atoms with Crippen LogP contribution in [0.4, 0.5) is 17.5 Å². The van der Waals surface area contributed by atoms with Gasteiger partial charge < -0.3 is 15.2 Å². The molecule has 0 spiro atoms. The fourth-order valence-electron chi connectivity index (χ4n) is 2.90. The highest BCUT2D eigenvalue weighted by Crippen LogP contribution is 2.19. The predicted octanol–water partition coefficient (Wildman–Crippen LogP) is 2.60. The highest BCUT2D eigenvalue weighted by molar-refractivity contribution is 7.88. The summed E-state index contributed by atoms with van der Waals surface area (Å²) in [7, 11) is -3.56. The number of hydrogen-bond donors (Lipinski definition) is 3. The van der Waals surface area contributed by atoms with Gasteiger partial charge in [0.1, 0.15) is 23.1 Å². The summed E-state index contributed by atoms with van der Waals surface area (Å²) in [5.74, 6) is 1.52. The van der Waals surface area contributed by atoms with Gasteiger partial charge in [-0.1, -0.05) is 17.3 Å². The molecule has 4 aromatic rings. The number of aromatic nitrogens is 4. The van der Waals surface area contributed by atoms with E-state index >= 15 is 0 Å². The van der Waals surface area contributed by atoms with Crippen LogP contribution in [0.3, 0.4) is 0 Å². The van der Waals surface area contributed by atoms with Crippen molar-refractivity contribution in [1.29, 1.82) is 0 Å². The van der Waals surface area contributed by atoms with Crippen LogP contribution in [0.1, 0.15) is 11.3 Å². The van der Waals surface area contributed by atoms with Crippen LogP contribution < -0.4 is 15.4 Å². The van der Waals surface area contributed by atoms with Crippen molar-refractivity contribution < 1.29 is 12.9 Å². The Morgan fingerprint density at radius 3 is 2.58 bits per heavy atom. The van der Waals surface area contributed by atoms with Crippen LogP contribution in [0.25, 0.3) is 11.0 Å². The SMILES string of the molecule is Cc1ccnc(Nc2ccc(NCCNS(=O)(=O)Cc3noc4ccccc34)nn2)c1. The molecule has 31 heavy (non-hydrogen) atoms. The van der Waals surface area contributed by atoms with Crippen LogP contribution in [0.5, 0.6) is 0 Å². The minimum Gasteiger partial charge on any atom is -0.367 e. The maximum Gasteiger partial charge on any atom is 0.217 e. The fraction of sp³-hybridized carbons (Fsp3) is 0.200. The number of nitrogens with zero attached hydrogens (tertiary/aromatic N) is 4. The number of benzene rings is 1. The van der Waals surface area contributed by atoms with Crippen LogP contribution in [0.2, 0.25) is 0 Å². The number of nitrogens with one attached hydrogen (secondary N) is 3. The molecule has 3 aromatic heterocycles. The molecule has 0 radical (unpaired) electrons. The van der Waals surface area contributed by atoms with E-state index in [1.54, 1.807) is 36.5 Å². The Morgan fingerprint density at radius 2 is 1.77 bits per heavy atom. The molecule has 0 amide bonds. The molecule has 1 aromatic carbocycles. The third kappa shape index (κ3) is 5.53. The summed E-state index contributed by atoms with van der Waals surface area (Å²) in [5, 5.41) is 18.8. The Morgan fingerprint density at radius 1 is 0.968 bits per heavy atom. The number of rotatable bonds is 9. The lowest BCUT2D eigenvalue weighted by Gasteiger charge is -2.08. The average molecular weight is 440 g/mol. The Kier molecular flexibility index (Phi) is 6.05. The number of aryl methyl sites for hydroxylation is 1. The van der Waals surface area contributed by atoms with Crippen molar-refractivity contribution in [2.24, 2.45) is 0 Å². The van der Waals surface area contributed by atoms with Crippen LogP contribution in [0, 0.1) is 6.92 Å². The van der Waals surface area contributed by atoms with Gasteiger partial charge in [0.2, 0.25) is 10.0 Å². The largest absolute Gasteiger partial charge is 0.367 e. The van der Waals surface area contributed by atoms with Gasteiger partial charge in [0.05, 0.1) is 0 Å². The smallest absolute Gasteiger partial charge is 0.217 e. The number of para-hydroxylation sites is 1. The summed E-state index contributed by atoms with van der Waals surface area (Å²) < 4.78 is 32.4. The van der Waals surface area contributed by atoms with E-state index in [1.807, 2.05) is 25.1 Å². The highest BCUT2D eigenvalue weighted by Gasteiger charge is 2.16. The Bertz CT molecular complexity index is 1270. The Hall–Kier alpha value is -3.57. The van der Waals surface area contributed by atoms with Crippen molar-refractivity contribution in [3.63, 3.8) is 0 Å². The second-order valence-corrected chi connectivity index (χ2v) is 8.66. The van der Waals surface area contributed by atoms with E-state index in [9.17, 15) is 8.42 Å². The van der Waals surface area contributed by atoms with Crippen molar-refractivity contribution in [3.8, 4) is 0 Å². The number of hydrogen-bond acceptors (Lipinski definition) is 9. The summed E-state index contributed by atoms with van der Waals surface area (Å²) in [6, 6.07) is 14.5. The summed E-state index contributed by atoms with van der Waals surface area (Å²) in [6.45, 7) is 2.51. The lowest BCUT2D eigenvalue weighted by atomic mass is 10.2. The quantitative estimate of drug-likeness (QED) is 0.336. The van der Waals surface area contributed by atoms with Crippen molar-refractivity contribution in [2.75, 3.05) is 23.7 Å². The molecule has 0 saturated carbocycles. The molecule has 0 aliphatic rings. The molecule has 0 aliphatic heterocycles. The van der Waals surface area contributed by atoms with Crippen molar-refractivity contribution in [2.45, 2.75) is 12.7 Å². The van der Waals surface area contributed by atoms with E-state index in [1.165, 1.54) is 0 Å². The molecule has 10 nitrogen and oxygen atoms in total. The molecule has 11 heteroatoms. The van der Waals surface area contributed by atoms with Gasteiger partial charge in [0.25, 0.3) is 0 Å². The van der Waals surface area contributed by atoms with E-state index in [0.717, 1.165) is 5.56 Å². The zero-order chi connectivity index (χ0) is 21.7. The fourth-order valence-corrected chi connectivity index (χ4v) is 3.98. The third-order valence-corrected chi connectivity index (χ3v) is 5.67. The normalized spacial score (nSPS) is 11.5. The zero-order valence-electron chi connectivity index (χ0n) is 16.7. The van der Waals surface area contributed by atoms with Gasteiger partial charge in [-0.2, -0.15) is 0 Å². The third-order valence-electron chi connectivity index (χ3n) is 4.37. The Labute approximate surface area is 179 Å². The second-order valence-electron chi connectivity index (χ2n) is 6.85. The van der Waals surface area contributed by atoms with E-state index in [2.05, 4.69) is 35.7 Å². The number of sulfonamides is 1.